The number of fused-ring (bicyclic) bond motifs is 3. The van der Waals surface area contributed by atoms with Crippen LogP contribution in [-0.4, -0.2) is 34.6 Å². The normalized spacial score (nSPS) is 17.0. The first kappa shape index (κ1) is 24.6. The van der Waals surface area contributed by atoms with Crippen molar-refractivity contribution in [1.29, 1.82) is 0 Å². The first-order valence-corrected chi connectivity index (χ1v) is 12.9. The highest BCUT2D eigenvalue weighted by Gasteiger charge is 2.47. The van der Waals surface area contributed by atoms with E-state index >= 15 is 0 Å². The Bertz CT molecular complexity index is 1400. The summed E-state index contributed by atoms with van der Waals surface area (Å²) in [5.41, 5.74) is 2.41. The fourth-order valence-electron chi connectivity index (χ4n) is 4.97. The lowest BCUT2D eigenvalue weighted by Crippen LogP contribution is -2.50. The molecular formula is C30H31N3O4. The molecular weight excluding hydrogens is 466 g/mol. The fraction of sp³-hybridized carbons (Fsp3) is 0.300. The summed E-state index contributed by atoms with van der Waals surface area (Å²) in [5.74, 6) is 0.0284. The molecule has 1 aliphatic heterocycles. The van der Waals surface area contributed by atoms with E-state index in [9.17, 15) is 9.59 Å². The number of anilines is 1. The van der Waals surface area contributed by atoms with E-state index in [-0.39, 0.29) is 12.5 Å². The Morgan fingerprint density at radius 1 is 0.919 bits per heavy atom. The van der Waals surface area contributed by atoms with Crippen molar-refractivity contribution in [2.24, 2.45) is 5.92 Å². The van der Waals surface area contributed by atoms with E-state index in [1.807, 2.05) is 83.4 Å². The molecule has 190 valence electrons. The van der Waals surface area contributed by atoms with Crippen LogP contribution in [0.3, 0.4) is 0 Å². The van der Waals surface area contributed by atoms with Crippen LogP contribution in [0.5, 0.6) is 11.5 Å². The average molecular weight is 498 g/mol. The van der Waals surface area contributed by atoms with E-state index in [1.54, 1.807) is 11.8 Å². The molecule has 0 spiro atoms. The lowest BCUT2D eigenvalue weighted by Gasteiger charge is -2.38. The van der Waals surface area contributed by atoms with Crippen molar-refractivity contribution in [2.75, 3.05) is 18.1 Å². The van der Waals surface area contributed by atoms with Crippen LogP contribution in [0.2, 0.25) is 0 Å². The van der Waals surface area contributed by atoms with Crippen LogP contribution in [0.25, 0.3) is 11.0 Å². The third-order valence-corrected chi connectivity index (χ3v) is 6.65. The van der Waals surface area contributed by atoms with Gasteiger partial charge in [0.1, 0.15) is 11.5 Å². The number of carbonyl (C=O) groups excluding carboxylic acids is 2. The van der Waals surface area contributed by atoms with Gasteiger partial charge >= 0.3 is 5.97 Å². The number of unbranched alkanes of at least 4 members (excludes halogenated alkanes) is 2. The lowest BCUT2D eigenvalue weighted by molar-refractivity contribution is -0.153. The molecule has 37 heavy (non-hydrogen) atoms. The molecule has 3 aromatic carbocycles. The second kappa shape index (κ2) is 10.9. The van der Waals surface area contributed by atoms with Gasteiger partial charge in [0.2, 0.25) is 11.9 Å². The first-order chi connectivity index (χ1) is 18.1. The zero-order valence-corrected chi connectivity index (χ0v) is 21.2. The number of carbonyl (C=O) groups is 2. The number of amides is 1. The summed E-state index contributed by atoms with van der Waals surface area (Å²) in [6, 6.07) is 24.2. The van der Waals surface area contributed by atoms with Crippen LogP contribution >= 0.6 is 0 Å². The zero-order chi connectivity index (χ0) is 25.8. The van der Waals surface area contributed by atoms with Crippen molar-refractivity contribution in [3.63, 3.8) is 0 Å². The van der Waals surface area contributed by atoms with E-state index in [0.29, 0.717) is 24.0 Å². The Kier molecular flexibility index (Phi) is 7.21. The number of hydrogen-bond acceptors (Lipinski definition) is 5. The van der Waals surface area contributed by atoms with Crippen LogP contribution in [0.1, 0.15) is 44.7 Å². The van der Waals surface area contributed by atoms with Gasteiger partial charge in [-0.3, -0.25) is 14.5 Å². The molecule has 7 nitrogen and oxygen atoms in total. The van der Waals surface area contributed by atoms with E-state index < -0.39 is 17.9 Å². The zero-order valence-electron chi connectivity index (χ0n) is 21.2. The number of nitrogens with zero attached hydrogens (tertiary/aromatic N) is 3. The van der Waals surface area contributed by atoms with Crippen molar-refractivity contribution >= 4 is 28.9 Å². The summed E-state index contributed by atoms with van der Waals surface area (Å²) in [5, 5.41) is 0. The summed E-state index contributed by atoms with van der Waals surface area (Å²) in [6.45, 7) is 4.57. The molecule has 1 aromatic heterocycles. The quantitative estimate of drug-likeness (QED) is 0.158. The smallest absolute Gasteiger partial charge is 0.321 e. The first-order valence-electron chi connectivity index (χ1n) is 12.9. The van der Waals surface area contributed by atoms with Gasteiger partial charge in [-0.05, 0) is 55.3 Å². The number of para-hydroxylation sites is 3. The molecule has 0 N–H and O–H groups in total. The van der Waals surface area contributed by atoms with Gasteiger partial charge in [0, 0.05) is 6.54 Å². The molecule has 1 amide bonds. The molecule has 0 aliphatic carbocycles. The van der Waals surface area contributed by atoms with Gasteiger partial charge in [0.15, 0.2) is 5.92 Å². The van der Waals surface area contributed by atoms with Gasteiger partial charge in [-0.2, -0.15) is 0 Å². The van der Waals surface area contributed by atoms with Gasteiger partial charge in [-0.25, -0.2) is 4.98 Å². The summed E-state index contributed by atoms with van der Waals surface area (Å²) in [7, 11) is 0. The van der Waals surface area contributed by atoms with Crippen molar-refractivity contribution in [3.05, 3.63) is 84.4 Å². The highest BCUT2D eigenvalue weighted by Crippen LogP contribution is 2.42. The predicted molar refractivity (Wildman–Crippen MR) is 143 cm³/mol. The van der Waals surface area contributed by atoms with Gasteiger partial charge in [-0.15, -0.1) is 0 Å². The second-order valence-electron chi connectivity index (χ2n) is 9.13. The second-order valence-corrected chi connectivity index (χ2v) is 9.13. The molecule has 1 aliphatic rings. The fourth-order valence-corrected chi connectivity index (χ4v) is 4.97. The van der Waals surface area contributed by atoms with E-state index in [0.717, 1.165) is 35.9 Å². The third-order valence-electron chi connectivity index (χ3n) is 6.65. The minimum Gasteiger partial charge on any atom is -0.465 e. The molecule has 0 bridgehead atoms. The molecule has 2 atom stereocenters. The maximum atomic E-state index is 14.0. The SMILES string of the molecule is CCCCCN1C(=O)[C@H](C(=O)OCC)[C@H](c2cccc(Oc3ccccc3)c2)n2c1nc1ccccc12. The molecule has 0 unspecified atom stereocenters. The van der Waals surface area contributed by atoms with Crippen LogP contribution in [0, 0.1) is 5.92 Å². The molecule has 5 rings (SSSR count). The number of esters is 1. The van der Waals surface area contributed by atoms with Crippen LogP contribution in [-0.2, 0) is 14.3 Å². The van der Waals surface area contributed by atoms with Gasteiger partial charge < -0.3 is 14.0 Å². The minimum atomic E-state index is -1.04. The Hall–Kier alpha value is -4.13. The van der Waals surface area contributed by atoms with Crippen LogP contribution in [0.15, 0.2) is 78.9 Å². The monoisotopic (exact) mass is 497 g/mol. The molecule has 4 aromatic rings. The molecule has 2 heterocycles. The number of benzene rings is 3. The highest BCUT2D eigenvalue weighted by atomic mass is 16.5. The van der Waals surface area contributed by atoms with Gasteiger partial charge in [-0.1, -0.05) is 62.2 Å². The molecule has 0 fully saturated rings. The maximum absolute atomic E-state index is 14.0. The minimum absolute atomic E-state index is 0.194. The number of imidazole rings is 1. The average Bonchev–Trinajstić information content (AvgIpc) is 3.29. The van der Waals surface area contributed by atoms with Crippen molar-refractivity contribution < 1.29 is 19.1 Å². The Morgan fingerprint density at radius 3 is 2.46 bits per heavy atom. The summed E-state index contributed by atoms with van der Waals surface area (Å²) < 4.78 is 13.6. The topological polar surface area (TPSA) is 73.7 Å². The molecule has 7 heteroatoms. The number of aromatic nitrogens is 2. The van der Waals surface area contributed by atoms with E-state index in [1.165, 1.54) is 0 Å². The predicted octanol–water partition coefficient (Wildman–Crippen LogP) is 6.13. The van der Waals surface area contributed by atoms with Crippen molar-refractivity contribution in [3.8, 4) is 11.5 Å². The van der Waals surface area contributed by atoms with E-state index in [4.69, 9.17) is 14.5 Å². The summed E-state index contributed by atoms with van der Waals surface area (Å²) in [4.78, 5) is 33.9. The summed E-state index contributed by atoms with van der Waals surface area (Å²) in [6.07, 6.45) is 2.83. The molecule has 0 saturated carbocycles. The van der Waals surface area contributed by atoms with Gasteiger partial charge in [0.05, 0.1) is 23.7 Å². The van der Waals surface area contributed by atoms with Gasteiger partial charge in [0.25, 0.3) is 0 Å². The number of rotatable bonds is 9. The van der Waals surface area contributed by atoms with Crippen molar-refractivity contribution in [1.82, 2.24) is 9.55 Å². The van der Waals surface area contributed by atoms with Crippen LogP contribution < -0.4 is 9.64 Å². The summed E-state index contributed by atoms with van der Waals surface area (Å²) >= 11 is 0. The van der Waals surface area contributed by atoms with Crippen molar-refractivity contribution in [2.45, 2.75) is 39.2 Å². The Labute approximate surface area is 216 Å². The standard InChI is InChI=1S/C30H31N3O4/c1-3-5-11-19-32-28(34)26(29(35)36-4-2)27(33-25-18-10-9-17-24(25)31-30(32)33)21-13-12-16-23(20-21)37-22-14-7-6-8-15-22/h6-10,12-18,20,26-27H,3-5,11,19H2,1-2H3/t26-,27+/m1/s1. The van der Waals surface area contributed by atoms with Crippen LogP contribution in [0.4, 0.5) is 5.95 Å². The molecule has 0 saturated heterocycles. The Balaban J connectivity index is 1.66. The molecule has 0 radical (unpaired) electrons. The lowest BCUT2D eigenvalue weighted by atomic mass is 9.89. The highest BCUT2D eigenvalue weighted by molar-refractivity contribution is 6.08. The number of ether oxygens (including phenoxy) is 2. The maximum Gasteiger partial charge on any atom is 0.321 e. The van der Waals surface area contributed by atoms with E-state index in [2.05, 4.69) is 6.92 Å². The Morgan fingerprint density at radius 2 is 1.68 bits per heavy atom. The largest absolute Gasteiger partial charge is 0.465 e. The number of hydrogen-bond donors (Lipinski definition) is 0. The third kappa shape index (κ3) is 4.81.